The van der Waals surface area contributed by atoms with Crippen LogP contribution in [0.2, 0.25) is 0 Å². The van der Waals surface area contributed by atoms with Gasteiger partial charge in [-0.2, -0.15) is 0 Å². The molecule has 3 heteroatoms. The first-order valence-electron chi connectivity index (χ1n) is 5.87. The number of nitrogens with one attached hydrogen (secondary N) is 1. The van der Waals surface area contributed by atoms with E-state index in [0.29, 0.717) is 11.8 Å². The van der Waals surface area contributed by atoms with Crippen LogP contribution in [-0.4, -0.2) is 13.1 Å². The Kier molecular flexibility index (Phi) is 3.54. The molecule has 0 amide bonds. The number of hydrogen-bond acceptors (Lipinski definition) is 1. The Bertz CT molecular complexity index is 345. The summed E-state index contributed by atoms with van der Waals surface area (Å²) in [5, 5.41) is 3.29. The Balaban J connectivity index is 2.06. The molecule has 0 saturated heterocycles. The summed E-state index contributed by atoms with van der Waals surface area (Å²) in [6.45, 7) is 3.95. The minimum Gasteiger partial charge on any atom is -0.317 e. The van der Waals surface area contributed by atoms with Gasteiger partial charge in [0.15, 0.2) is 0 Å². The third kappa shape index (κ3) is 2.40. The molecular formula is C13H17F2N. The summed E-state index contributed by atoms with van der Waals surface area (Å²) in [6, 6.07) is 3.86. The van der Waals surface area contributed by atoms with Crippen LogP contribution in [0.4, 0.5) is 8.78 Å². The van der Waals surface area contributed by atoms with Crippen molar-refractivity contribution in [1.82, 2.24) is 5.32 Å². The van der Waals surface area contributed by atoms with E-state index in [4.69, 9.17) is 0 Å². The monoisotopic (exact) mass is 225 g/mol. The van der Waals surface area contributed by atoms with Gasteiger partial charge in [0.05, 0.1) is 0 Å². The molecule has 0 spiro atoms. The molecule has 0 aromatic heterocycles. The summed E-state index contributed by atoms with van der Waals surface area (Å²) < 4.78 is 26.1. The Hall–Kier alpha value is -0.960. The molecule has 2 atom stereocenters. The predicted molar refractivity (Wildman–Crippen MR) is 60.4 cm³/mol. The average molecular weight is 225 g/mol. The third-order valence-corrected chi connectivity index (χ3v) is 3.39. The van der Waals surface area contributed by atoms with Crippen molar-refractivity contribution < 1.29 is 8.78 Å². The zero-order chi connectivity index (χ0) is 11.5. The summed E-state index contributed by atoms with van der Waals surface area (Å²) in [5.41, 5.74) is 0.812. The SMILES string of the molecule is CCNCC1CCC1c1cc(F)cc(F)c1. The van der Waals surface area contributed by atoms with E-state index in [1.54, 1.807) is 0 Å². The maximum Gasteiger partial charge on any atom is 0.126 e. The van der Waals surface area contributed by atoms with Gasteiger partial charge in [0.25, 0.3) is 0 Å². The molecule has 1 aliphatic carbocycles. The quantitative estimate of drug-likeness (QED) is 0.830. The van der Waals surface area contributed by atoms with Gasteiger partial charge in [-0.25, -0.2) is 8.78 Å². The van der Waals surface area contributed by atoms with Gasteiger partial charge < -0.3 is 5.32 Å². The predicted octanol–water partition coefficient (Wildman–Crippen LogP) is 3.07. The fraction of sp³-hybridized carbons (Fsp3) is 0.538. The van der Waals surface area contributed by atoms with E-state index in [1.165, 1.54) is 12.1 Å². The lowest BCUT2D eigenvalue weighted by molar-refractivity contribution is 0.246. The van der Waals surface area contributed by atoms with Gasteiger partial charge in [0, 0.05) is 6.07 Å². The lowest BCUT2D eigenvalue weighted by atomic mass is 9.70. The van der Waals surface area contributed by atoms with Crippen molar-refractivity contribution in [2.75, 3.05) is 13.1 Å². The molecular weight excluding hydrogens is 208 g/mol. The maximum atomic E-state index is 13.1. The Morgan fingerprint density at radius 3 is 2.38 bits per heavy atom. The van der Waals surface area contributed by atoms with Gasteiger partial charge in [0.1, 0.15) is 11.6 Å². The maximum absolute atomic E-state index is 13.1. The summed E-state index contributed by atoms with van der Waals surface area (Å²) >= 11 is 0. The van der Waals surface area contributed by atoms with Crippen molar-refractivity contribution in [1.29, 1.82) is 0 Å². The van der Waals surface area contributed by atoms with E-state index >= 15 is 0 Å². The van der Waals surface area contributed by atoms with E-state index < -0.39 is 11.6 Å². The van der Waals surface area contributed by atoms with Crippen LogP contribution < -0.4 is 5.32 Å². The van der Waals surface area contributed by atoms with Crippen LogP contribution >= 0.6 is 0 Å². The fourth-order valence-corrected chi connectivity index (χ4v) is 2.37. The van der Waals surface area contributed by atoms with Crippen LogP contribution in [-0.2, 0) is 0 Å². The van der Waals surface area contributed by atoms with Gasteiger partial charge in [0.2, 0.25) is 0 Å². The van der Waals surface area contributed by atoms with Crippen LogP contribution in [0.3, 0.4) is 0 Å². The fourth-order valence-electron chi connectivity index (χ4n) is 2.37. The molecule has 1 N–H and O–H groups in total. The molecule has 1 fully saturated rings. The lowest BCUT2D eigenvalue weighted by Crippen LogP contribution is -2.33. The molecule has 1 nitrogen and oxygen atoms in total. The molecule has 2 unspecified atom stereocenters. The lowest BCUT2D eigenvalue weighted by Gasteiger charge is -2.37. The Labute approximate surface area is 94.9 Å². The highest BCUT2D eigenvalue weighted by atomic mass is 19.1. The molecule has 0 aliphatic heterocycles. The molecule has 16 heavy (non-hydrogen) atoms. The van der Waals surface area contributed by atoms with Gasteiger partial charge in [-0.3, -0.25) is 0 Å². The van der Waals surface area contributed by atoms with E-state index in [2.05, 4.69) is 12.2 Å². The summed E-state index contributed by atoms with van der Waals surface area (Å²) in [5.74, 6) is -0.0846. The molecule has 1 aliphatic rings. The second-order valence-electron chi connectivity index (χ2n) is 4.45. The number of hydrogen-bond donors (Lipinski definition) is 1. The first-order chi connectivity index (χ1) is 7.70. The zero-order valence-electron chi connectivity index (χ0n) is 9.47. The first kappa shape index (κ1) is 11.5. The minimum atomic E-state index is -0.468. The Morgan fingerprint density at radius 2 is 1.88 bits per heavy atom. The van der Waals surface area contributed by atoms with E-state index in [0.717, 1.165) is 37.6 Å². The summed E-state index contributed by atoms with van der Waals surface area (Å²) in [4.78, 5) is 0. The molecule has 1 aromatic carbocycles. The summed E-state index contributed by atoms with van der Waals surface area (Å²) in [7, 11) is 0. The van der Waals surface area contributed by atoms with Crippen LogP contribution in [0.15, 0.2) is 18.2 Å². The smallest absolute Gasteiger partial charge is 0.126 e. The first-order valence-corrected chi connectivity index (χ1v) is 5.87. The molecule has 0 radical (unpaired) electrons. The standard InChI is InChI=1S/C13H17F2N/c1-2-16-8-9-3-4-13(9)10-5-11(14)7-12(15)6-10/h5-7,9,13,16H,2-4,8H2,1H3. The molecule has 1 saturated carbocycles. The molecule has 1 aromatic rings. The largest absolute Gasteiger partial charge is 0.317 e. The second kappa shape index (κ2) is 4.91. The van der Waals surface area contributed by atoms with Gasteiger partial charge >= 0.3 is 0 Å². The number of benzene rings is 1. The van der Waals surface area contributed by atoms with Crippen LogP contribution in [0.25, 0.3) is 0 Å². The molecule has 88 valence electrons. The minimum absolute atomic E-state index is 0.323. The van der Waals surface area contributed by atoms with E-state index in [-0.39, 0.29) is 0 Å². The highest BCUT2D eigenvalue weighted by molar-refractivity contribution is 5.24. The van der Waals surface area contributed by atoms with Crippen LogP contribution in [0.5, 0.6) is 0 Å². The van der Waals surface area contributed by atoms with Gasteiger partial charge in [-0.1, -0.05) is 6.92 Å². The Morgan fingerprint density at radius 1 is 1.19 bits per heavy atom. The molecule has 0 bridgehead atoms. The summed E-state index contributed by atoms with van der Waals surface area (Å²) in [6.07, 6.45) is 2.19. The number of halogens is 2. The highest BCUT2D eigenvalue weighted by Gasteiger charge is 2.31. The molecule has 0 heterocycles. The van der Waals surface area contributed by atoms with Crippen LogP contribution in [0.1, 0.15) is 31.2 Å². The van der Waals surface area contributed by atoms with Crippen molar-refractivity contribution in [3.63, 3.8) is 0 Å². The van der Waals surface area contributed by atoms with Crippen molar-refractivity contribution in [2.24, 2.45) is 5.92 Å². The normalized spacial score (nSPS) is 24.2. The third-order valence-electron chi connectivity index (χ3n) is 3.39. The van der Waals surface area contributed by atoms with Crippen molar-refractivity contribution >= 4 is 0 Å². The highest BCUT2D eigenvalue weighted by Crippen LogP contribution is 2.42. The number of rotatable bonds is 4. The van der Waals surface area contributed by atoms with Crippen molar-refractivity contribution in [2.45, 2.75) is 25.7 Å². The van der Waals surface area contributed by atoms with Crippen molar-refractivity contribution in [3.8, 4) is 0 Å². The van der Waals surface area contributed by atoms with E-state index in [1.807, 2.05) is 0 Å². The van der Waals surface area contributed by atoms with E-state index in [9.17, 15) is 8.78 Å². The van der Waals surface area contributed by atoms with Crippen molar-refractivity contribution in [3.05, 3.63) is 35.4 Å². The van der Waals surface area contributed by atoms with Gasteiger partial charge in [-0.15, -0.1) is 0 Å². The molecule has 2 rings (SSSR count). The van der Waals surface area contributed by atoms with Crippen LogP contribution in [0, 0.1) is 17.6 Å². The zero-order valence-corrected chi connectivity index (χ0v) is 9.47. The average Bonchev–Trinajstić information content (AvgIpc) is 2.14. The second-order valence-corrected chi connectivity index (χ2v) is 4.45. The van der Waals surface area contributed by atoms with Gasteiger partial charge in [-0.05, 0) is 55.5 Å². The topological polar surface area (TPSA) is 12.0 Å².